The third-order valence-corrected chi connectivity index (χ3v) is 6.13. The first-order valence-electron chi connectivity index (χ1n) is 12.8. The molecule has 0 bridgehead atoms. The number of benzene rings is 4. The number of anilines is 2. The number of barbiturate groups is 1. The number of nitrogens with one attached hydrogen (secondary N) is 2. The number of imide groups is 2. The summed E-state index contributed by atoms with van der Waals surface area (Å²) in [6, 6.07) is 27.1. The number of nitrogens with zero attached hydrogens (tertiary/aromatic N) is 1. The van der Waals surface area contributed by atoms with Crippen LogP contribution in [0.1, 0.15) is 11.1 Å². The fraction of sp³-hybridized carbons (Fsp3) is 0.0625. The summed E-state index contributed by atoms with van der Waals surface area (Å²) in [5, 5.41) is 4.61. The van der Waals surface area contributed by atoms with Gasteiger partial charge >= 0.3 is 6.03 Å². The molecule has 4 aromatic rings. The number of hydrogen-bond acceptors (Lipinski definition) is 6. The normalized spacial score (nSPS) is 14.0. The van der Waals surface area contributed by atoms with Crippen LogP contribution in [-0.4, -0.2) is 30.4 Å². The second-order valence-corrected chi connectivity index (χ2v) is 9.12. The lowest BCUT2D eigenvalue weighted by molar-refractivity contribution is -0.122. The summed E-state index contributed by atoms with van der Waals surface area (Å²) >= 11 is 0. The van der Waals surface area contributed by atoms with E-state index in [0.29, 0.717) is 17.9 Å². The van der Waals surface area contributed by atoms with Crippen LogP contribution in [0.25, 0.3) is 6.08 Å². The molecule has 0 saturated carbocycles. The first-order valence-corrected chi connectivity index (χ1v) is 12.8. The molecule has 210 valence electrons. The highest BCUT2D eigenvalue weighted by Crippen LogP contribution is 2.25. The summed E-state index contributed by atoms with van der Waals surface area (Å²) < 4.78 is 25.0. The number of halogens is 1. The van der Waals surface area contributed by atoms with Gasteiger partial charge in [0.05, 0.1) is 11.4 Å². The van der Waals surface area contributed by atoms with Gasteiger partial charge < -0.3 is 14.8 Å². The van der Waals surface area contributed by atoms with Crippen LogP contribution in [0.3, 0.4) is 0 Å². The van der Waals surface area contributed by atoms with E-state index < -0.39 is 36.2 Å². The maximum atomic E-state index is 13.8. The molecule has 4 aromatic carbocycles. The van der Waals surface area contributed by atoms with Crippen molar-refractivity contribution in [3.63, 3.8) is 0 Å². The van der Waals surface area contributed by atoms with Crippen molar-refractivity contribution < 1.29 is 33.0 Å². The summed E-state index contributed by atoms with van der Waals surface area (Å²) in [6.45, 7) is -0.0507. The molecule has 42 heavy (non-hydrogen) atoms. The number of amides is 5. The smallest absolute Gasteiger partial charge is 0.335 e. The first kappa shape index (κ1) is 27.8. The van der Waals surface area contributed by atoms with Gasteiger partial charge in [-0.05, 0) is 65.7 Å². The predicted molar refractivity (Wildman–Crippen MR) is 153 cm³/mol. The highest BCUT2D eigenvalue weighted by molar-refractivity contribution is 6.39. The van der Waals surface area contributed by atoms with Gasteiger partial charge in [0.15, 0.2) is 6.61 Å². The minimum Gasteiger partial charge on any atom is -0.489 e. The minimum absolute atomic E-state index is 0.0276. The van der Waals surface area contributed by atoms with E-state index in [9.17, 15) is 23.6 Å². The van der Waals surface area contributed by atoms with Crippen molar-refractivity contribution in [1.29, 1.82) is 0 Å². The summed E-state index contributed by atoms with van der Waals surface area (Å²) in [4.78, 5) is 51.5. The fourth-order valence-corrected chi connectivity index (χ4v) is 4.08. The van der Waals surface area contributed by atoms with Gasteiger partial charge in [-0.3, -0.25) is 19.7 Å². The van der Waals surface area contributed by atoms with Crippen LogP contribution in [0.15, 0.2) is 109 Å². The van der Waals surface area contributed by atoms with Crippen LogP contribution in [0, 0.1) is 5.82 Å². The van der Waals surface area contributed by atoms with Gasteiger partial charge in [-0.25, -0.2) is 14.1 Å². The maximum absolute atomic E-state index is 13.8. The van der Waals surface area contributed by atoms with E-state index in [-0.39, 0.29) is 22.7 Å². The Hall–Kier alpha value is -5.77. The molecule has 1 fully saturated rings. The van der Waals surface area contributed by atoms with Crippen molar-refractivity contribution in [3.8, 4) is 11.5 Å². The average Bonchev–Trinajstić information content (AvgIpc) is 3.00. The van der Waals surface area contributed by atoms with E-state index in [1.165, 1.54) is 30.3 Å². The number of rotatable bonds is 9. The number of carbonyl (C=O) groups is 4. The van der Waals surface area contributed by atoms with Crippen molar-refractivity contribution in [2.24, 2.45) is 0 Å². The average molecular weight is 566 g/mol. The zero-order chi connectivity index (χ0) is 29.5. The third kappa shape index (κ3) is 6.68. The van der Waals surface area contributed by atoms with E-state index in [4.69, 9.17) is 9.47 Å². The van der Waals surface area contributed by atoms with Gasteiger partial charge in [-0.15, -0.1) is 0 Å². The Labute approximate surface area is 240 Å². The van der Waals surface area contributed by atoms with E-state index in [0.717, 1.165) is 10.5 Å². The van der Waals surface area contributed by atoms with Crippen LogP contribution in [0.2, 0.25) is 0 Å². The molecule has 1 saturated heterocycles. The molecule has 0 aromatic heterocycles. The lowest BCUT2D eigenvalue weighted by Crippen LogP contribution is -2.54. The Morgan fingerprint density at radius 2 is 1.57 bits per heavy atom. The van der Waals surface area contributed by atoms with Gasteiger partial charge in [0.1, 0.15) is 29.5 Å². The summed E-state index contributed by atoms with van der Waals surface area (Å²) in [5.74, 6) is -1.99. The fourth-order valence-electron chi connectivity index (χ4n) is 4.08. The van der Waals surface area contributed by atoms with Crippen LogP contribution in [-0.2, 0) is 21.0 Å². The molecule has 1 heterocycles. The van der Waals surface area contributed by atoms with Crippen molar-refractivity contribution in [2.75, 3.05) is 16.8 Å². The zero-order valence-electron chi connectivity index (χ0n) is 22.1. The Bertz CT molecular complexity index is 1670. The van der Waals surface area contributed by atoms with Crippen molar-refractivity contribution in [2.45, 2.75) is 6.61 Å². The molecular formula is C32H24FN3O6. The predicted octanol–water partition coefficient (Wildman–Crippen LogP) is 5.09. The molecule has 0 atom stereocenters. The number of urea groups is 1. The first-order chi connectivity index (χ1) is 20.4. The van der Waals surface area contributed by atoms with Crippen LogP contribution >= 0.6 is 0 Å². The zero-order valence-corrected chi connectivity index (χ0v) is 22.1. The second kappa shape index (κ2) is 12.6. The van der Waals surface area contributed by atoms with Crippen LogP contribution in [0.5, 0.6) is 11.5 Å². The molecule has 10 heteroatoms. The summed E-state index contributed by atoms with van der Waals surface area (Å²) in [5.41, 5.74) is 1.41. The maximum Gasteiger partial charge on any atom is 0.335 e. The largest absolute Gasteiger partial charge is 0.489 e. The molecule has 1 aliphatic rings. The molecule has 0 unspecified atom stereocenters. The Kier molecular flexibility index (Phi) is 8.34. The summed E-state index contributed by atoms with van der Waals surface area (Å²) in [7, 11) is 0. The standard InChI is InChI=1S/C32H24FN3O6/c33-27-11-4-5-12-28(27)34-29(37)20-42-25-10-6-9-22(17-25)18-26-30(38)35-32(40)36(31(26)39)23-13-15-24(16-14-23)41-19-21-7-2-1-3-8-21/h1-18H,19-20H2,(H,34,37)(H,35,38,40)/b26-18-. The monoisotopic (exact) mass is 565 g/mol. The topological polar surface area (TPSA) is 114 Å². The highest BCUT2D eigenvalue weighted by Gasteiger charge is 2.36. The van der Waals surface area contributed by atoms with Crippen LogP contribution < -0.4 is 25.0 Å². The SMILES string of the molecule is O=C(COc1cccc(/C=C2/C(=O)NC(=O)N(c3ccc(OCc4ccccc4)cc3)C2=O)c1)Nc1ccccc1F. The van der Waals surface area contributed by atoms with Gasteiger partial charge in [0.25, 0.3) is 17.7 Å². The highest BCUT2D eigenvalue weighted by atomic mass is 19.1. The molecule has 2 N–H and O–H groups in total. The lowest BCUT2D eigenvalue weighted by Gasteiger charge is -2.26. The number of hydrogen-bond donors (Lipinski definition) is 2. The quantitative estimate of drug-likeness (QED) is 0.216. The van der Waals surface area contributed by atoms with Gasteiger partial charge in [-0.2, -0.15) is 0 Å². The summed E-state index contributed by atoms with van der Waals surface area (Å²) in [6.07, 6.45) is 1.32. The van der Waals surface area contributed by atoms with Gasteiger partial charge in [0, 0.05) is 0 Å². The van der Waals surface area contributed by atoms with Gasteiger partial charge in [0.2, 0.25) is 0 Å². The minimum atomic E-state index is -0.877. The Morgan fingerprint density at radius 3 is 2.33 bits per heavy atom. The molecule has 0 radical (unpaired) electrons. The van der Waals surface area contributed by atoms with Gasteiger partial charge in [-0.1, -0.05) is 54.6 Å². The molecule has 0 aliphatic carbocycles. The molecule has 5 rings (SSSR count). The van der Waals surface area contributed by atoms with E-state index in [2.05, 4.69) is 10.6 Å². The third-order valence-electron chi connectivity index (χ3n) is 6.13. The Morgan fingerprint density at radius 1 is 0.833 bits per heavy atom. The molecular weight excluding hydrogens is 541 g/mol. The number of carbonyl (C=O) groups excluding carboxylic acids is 4. The van der Waals surface area contributed by atoms with E-state index in [1.54, 1.807) is 48.5 Å². The Balaban J connectivity index is 1.26. The van der Waals surface area contributed by atoms with Crippen molar-refractivity contribution in [1.82, 2.24) is 5.32 Å². The van der Waals surface area contributed by atoms with Crippen molar-refractivity contribution in [3.05, 3.63) is 126 Å². The lowest BCUT2D eigenvalue weighted by atomic mass is 10.1. The van der Waals surface area contributed by atoms with E-state index in [1.807, 2.05) is 30.3 Å². The molecule has 0 spiro atoms. The molecule has 9 nitrogen and oxygen atoms in total. The van der Waals surface area contributed by atoms with Crippen LogP contribution in [0.4, 0.5) is 20.6 Å². The number of para-hydroxylation sites is 1. The van der Waals surface area contributed by atoms with Crippen molar-refractivity contribution >= 4 is 41.2 Å². The molecule has 1 aliphatic heterocycles. The second-order valence-electron chi connectivity index (χ2n) is 9.12. The van der Waals surface area contributed by atoms with E-state index >= 15 is 0 Å². The molecule has 5 amide bonds. The number of ether oxygens (including phenoxy) is 2.